The number of ether oxygens (including phenoxy) is 2. The first kappa shape index (κ1) is 26.7. The van der Waals surface area contributed by atoms with Crippen LogP contribution < -0.4 is 14.8 Å². The monoisotopic (exact) mass is 550 g/mol. The van der Waals surface area contributed by atoms with Gasteiger partial charge in [0.25, 0.3) is 0 Å². The Balaban J connectivity index is 1.31. The zero-order chi connectivity index (χ0) is 27.4. The van der Waals surface area contributed by atoms with Crippen molar-refractivity contribution in [1.82, 2.24) is 24.9 Å². The zero-order valence-corrected chi connectivity index (χ0v) is 22.9. The van der Waals surface area contributed by atoms with Crippen LogP contribution >= 0.6 is 11.6 Å². The largest absolute Gasteiger partial charge is 0.491 e. The number of hydrogen-bond acceptors (Lipinski definition) is 9. The Kier molecular flexibility index (Phi) is 8.13. The minimum atomic E-state index is 0.0289. The summed E-state index contributed by atoms with van der Waals surface area (Å²) in [5.41, 5.74) is 2.16. The summed E-state index contributed by atoms with van der Waals surface area (Å²) in [7, 11) is 3.80. The van der Waals surface area contributed by atoms with Crippen LogP contribution in [0.2, 0.25) is 5.02 Å². The first-order valence-corrected chi connectivity index (χ1v) is 13.2. The van der Waals surface area contributed by atoms with Gasteiger partial charge in [0.2, 0.25) is 5.91 Å². The van der Waals surface area contributed by atoms with Crippen LogP contribution in [0.1, 0.15) is 24.3 Å². The van der Waals surface area contributed by atoms with E-state index in [9.17, 15) is 4.79 Å². The maximum atomic E-state index is 12.7. The van der Waals surface area contributed by atoms with E-state index in [2.05, 4.69) is 20.4 Å². The third-order valence-corrected chi connectivity index (χ3v) is 6.75. The van der Waals surface area contributed by atoms with Crippen LogP contribution in [0.3, 0.4) is 0 Å². The molecule has 5 rings (SSSR count). The van der Waals surface area contributed by atoms with E-state index in [-0.39, 0.29) is 18.6 Å². The van der Waals surface area contributed by atoms with Crippen LogP contribution in [0, 0.1) is 6.92 Å². The molecule has 204 valence electrons. The number of amides is 1. The quantitative estimate of drug-likeness (QED) is 0.297. The summed E-state index contributed by atoms with van der Waals surface area (Å²) in [6.07, 6.45) is 3.39. The highest BCUT2D eigenvalue weighted by atomic mass is 35.5. The third-order valence-electron chi connectivity index (χ3n) is 6.45. The van der Waals surface area contributed by atoms with Gasteiger partial charge in [0.05, 0.1) is 28.5 Å². The second kappa shape index (κ2) is 11.9. The number of likely N-dealkylation sites (N-methyl/N-ethyl adjacent to an activating group) is 1. The van der Waals surface area contributed by atoms with Gasteiger partial charge < -0.3 is 29.1 Å². The zero-order valence-electron chi connectivity index (χ0n) is 22.2. The third kappa shape index (κ3) is 6.40. The van der Waals surface area contributed by atoms with Crippen LogP contribution in [0.4, 0.5) is 11.5 Å². The summed E-state index contributed by atoms with van der Waals surface area (Å²) >= 11 is 6.51. The summed E-state index contributed by atoms with van der Waals surface area (Å²) in [6, 6.07) is 13.0. The Labute approximate surface area is 231 Å². The lowest BCUT2D eigenvalue weighted by molar-refractivity contribution is -0.133. The number of aromatic nitrogens is 3. The smallest absolute Gasteiger partial charge is 0.237 e. The molecule has 0 aliphatic carbocycles. The van der Waals surface area contributed by atoms with Gasteiger partial charge in [-0.25, -0.2) is 9.97 Å². The van der Waals surface area contributed by atoms with Crippen molar-refractivity contribution in [3.8, 4) is 11.5 Å². The van der Waals surface area contributed by atoms with E-state index >= 15 is 0 Å². The van der Waals surface area contributed by atoms with Gasteiger partial charge in [-0.1, -0.05) is 22.8 Å². The normalized spacial score (nSPS) is 15.2. The lowest BCUT2D eigenvalue weighted by Crippen LogP contribution is -2.43. The molecule has 1 N–H and O–H groups in total. The van der Waals surface area contributed by atoms with Crippen LogP contribution in [-0.4, -0.2) is 70.7 Å². The van der Waals surface area contributed by atoms with Crippen molar-refractivity contribution in [3.63, 3.8) is 0 Å². The van der Waals surface area contributed by atoms with Gasteiger partial charge in [-0.2, -0.15) is 0 Å². The van der Waals surface area contributed by atoms with Gasteiger partial charge in [0.1, 0.15) is 48.3 Å². The molecular formula is C28H31ClN6O4. The molecule has 1 atom stereocenters. The molecule has 3 heterocycles. The topological polar surface area (TPSA) is 106 Å². The Morgan fingerprint density at radius 1 is 1.18 bits per heavy atom. The number of halogens is 1. The Morgan fingerprint density at radius 2 is 2.05 bits per heavy atom. The number of fused-ring (bicyclic) bond motifs is 1. The molecule has 2 aromatic heterocycles. The van der Waals surface area contributed by atoms with E-state index in [0.717, 1.165) is 41.7 Å². The molecule has 0 unspecified atom stereocenters. The lowest BCUT2D eigenvalue weighted by atomic mass is 10.2. The summed E-state index contributed by atoms with van der Waals surface area (Å²) in [6.45, 7) is 3.62. The number of rotatable bonds is 10. The van der Waals surface area contributed by atoms with Gasteiger partial charge in [-0.05, 0) is 64.2 Å². The number of nitrogens with zero attached hydrogens (tertiary/aromatic N) is 5. The van der Waals surface area contributed by atoms with E-state index < -0.39 is 0 Å². The first-order valence-electron chi connectivity index (χ1n) is 12.8. The molecule has 39 heavy (non-hydrogen) atoms. The van der Waals surface area contributed by atoms with Crippen molar-refractivity contribution in [2.45, 2.75) is 32.4 Å². The molecule has 11 heteroatoms. The first-order chi connectivity index (χ1) is 18.9. The van der Waals surface area contributed by atoms with Gasteiger partial charge >= 0.3 is 0 Å². The fourth-order valence-corrected chi connectivity index (χ4v) is 4.88. The Hall–Kier alpha value is -3.89. The number of carbonyl (C=O) groups is 1. The molecule has 1 aliphatic rings. The highest BCUT2D eigenvalue weighted by Gasteiger charge is 2.29. The lowest BCUT2D eigenvalue weighted by Gasteiger charge is -2.26. The molecule has 1 amide bonds. The van der Waals surface area contributed by atoms with Crippen LogP contribution in [0.15, 0.2) is 53.3 Å². The standard InChI is InChI=1S/C28H31ClN6O4/c1-18-12-20(33-39-18)15-37-24-10-9-19(13-22(24)29)32-28-27-23(30-17-31-28)7-4-8-25(27)38-16-21-6-5-11-35(21)26(36)14-34(2)3/h4,7-10,12-13,17,21H,5-6,11,14-16H2,1-3H3,(H,30,31,32)/t21-/m1/s1. The van der Waals surface area contributed by atoms with Crippen LogP contribution in [0.25, 0.3) is 10.9 Å². The predicted molar refractivity (Wildman–Crippen MR) is 149 cm³/mol. The molecule has 1 aliphatic heterocycles. The minimum absolute atomic E-state index is 0.0289. The van der Waals surface area contributed by atoms with Crippen molar-refractivity contribution in [2.75, 3.05) is 39.1 Å². The summed E-state index contributed by atoms with van der Waals surface area (Å²) in [5.74, 6) is 2.61. The Morgan fingerprint density at radius 3 is 2.82 bits per heavy atom. The molecule has 10 nitrogen and oxygen atoms in total. The summed E-state index contributed by atoms with van der Waals surface area (Å²) in [4.78, 5) is 25.4. The average molecular weight is 551 g/mol. The second-order valence-electron chi connectivity index (χ2n) is 9.79. The molecule has 0 bridgehead atoms. The van der Waals surface area contributed by atoms with Crippen molar-refractivity contribution < 1.29 is 18.8 Å². The van der Waals surface area contributed by atoms with E-state index in [4.69, 9.17) is 25.6 Å². The number of carbonyl (C=O) groups excluding carboxylic acids is 1. The molecule has 0 saturated carbocycles. The highest BCUT2D eigenvalue weighted by Crippen LogP contribution is 2.34. The fourth-order valence-electron chi connectivity index (χ4n) is 4.65. The van der Waals surface area contributed by atoms with E-state index in [1.54, 1.807) is 12.1 Å². The molecule has 2 aromatic carbocycles. The van der Waals surface area contributed by atoms with Crippen molar-refractivity contribution in [2.24, 2.45) is 0 Å². The molecule has 4 aromatic rings. The maximum absolute atomic E-state index is 12.7. The predicted octanol–water partition coefficient (Wildman–Crippen LogP) is 4.83. The summed E-state index contributed by atoms with van der Waals surface area (Å²) in [5, 5.41) is 8.47. The number of benzene rings is 2. The average Bonchev–Trinajstić information content (AvgIpc) is 3.55. The summed E-state index contributed by atoms with van der Waals surface area (Å²) < 4.78 is 17.2. The van der Waals surface area contributed by atoms with Crippen LogP contribution in [-0.2, 0) is 11.4 Å². The second-order valence-corrected chi connectivity index (χ2v) is 10.2. The van der Waals surface area contributed by atoms with Crippen molar-refractivity contribution >= 4 is 39.9 Å². The molecule has 0 spiro atoms. The Bertz CT molecular complexity index is 1450. The number of anilines is 2. The van der Waals surface area contributed by atoms with Gasteiger partial charge in [-0.15, -0.1) is 0 Å². The SMILES string of the molecule is Cc1cc(COc2ccc(Nc3ncnc4cccc(OC[C@H]5CCCN5C(=O)CN(C)C)c34)cc2Cl)no1. The molecular weight excluding hydrogens is 520 g/mol. The maximum Gasteiger partial charge on any atom is 0.237 e. The van der Waals surface area contributed by atoms with Crippen molar-refractivity contribution in [3.05, 3.63) is 65.3 Å². The molecule has 1 fully saturated rings. The van der Waals surface area contributed by atoms with Gasteiger partial charge in [-0.3, -0.25) is 4.79 Å². The number of nitrogens with one attached hydrogen (secondary N) is 1. The molecule has 0 radical (unpaired) electrons. The van der Waals surface area contributed by atoms with Gasteiger partial charge in [0.15, 0.2) is 0 Å². The van der Waals surface area contributed by atoms with E-state index in [1.807, 2.05) is 61.2 Å². The number of hydrogen-bond donors (Lipinski definition) is 1. The number of likely N-dealkylation sites (tertiary alicyclic amines) is 1. The van der Waals surface area contributed by atoms with E-state index in [1.165, 1.54) is 6.33 Å². The fraction of sp³-hybridized carbons (Fsp3) is 0.357. The number of aryl methyl sites for hydroxylation is 1. The van der Waals surface area contributed by atoms with Crippen molar-refractivity contribution in [1.29, 1.82) is 0 Å². The van der Waals surface area contributed by atoms with Crippen LogP contribution in [0.5, 0.6) is 11.5 Å². The highest BCUT2D eigenvalue weighted by molar-refractivity contribution is 6.32. The van der Waals surface area contributed by atoms with Gasteiger partial charge in [0, 0.05) is 18.3 Å². The van der Waals surface area contributed by atoms with E-state index in [0.29, 0.717) is 41.2 Å². The molecule has 1 saturated heterocycles. The minimum Gasteiger partial charge on any atom is -0.491 e.